The van der Waals surface area contributed by atoms with Gasteiger partial charge in [-0.1, -0.05) is 29.5 Å². The molecule has 0 radical (unpaired) electrons. The lowest BCUT2D eigenvalue weighted by Gasteiger charge is -2.07. The van der Waals surface area contributed by atoms with Crippen molar-refractivity contribution in [3.63, 3.8) is 0 Å². The summed E-state index contributed by atoms with van der Waals surface area (Å²) in [4.78, 5) is 22.5. The molecule has 1 N–H and O–H groups in total. The maximum Gasteiger partial charge on any atom is 0.336 e. The molecule has 0 aliphatic rings. The molecule has 0 aliphatic heterocycles. The quantitative estimate of drug-likeness (QED) is 0.904. The fourth-order valence-corrected chi connectivity index (χ4v) is 2.37. The Kier molecular flexibility index (Phi) is 3.10. The smallest absolute Gasteiger partial charge is 0.336 e. The van der Waals surface area contributed by atoms with Gasteiger partial charge in [-0.2, -0.15) is 0 Å². The van der Waals surface area contributed by atoms with Gasteiger partial charge < -0.3 is 5.11 Å². The van der Waals surface area contributed by atoms with Crippen molar-refractivity contribution in [2.45, 2.75) is 13.5 Å². The molecule has 0 amide bonds. The Bertz CT molecular complexity index is 612. The number of aryl methyl sites for hydroxylation is 1. The fraction of sp³-hybridized carbons (Fsp3) is 0.167. The maximum absolute atomic E-state index is 11.6. The normalized spacial score (nSPS) is 10.4. The molecule has 0 spiro atoms. The molecule has 88 valence electrons. The van der Waals surface area contributed by atoms with E-state index in [0.717, 1.165) is 17.0 Å². The molecule has 1 aromatic heterocycles. The van der Waals surface area contributed by atoms with Crippen molar-refractivity contribution < 1.29 is 9.90 Å². The molecule has 0 bridgehead atoms. The second kappa shape index (κ2) is 4.55. The van der Waals surface area contributed by atoms with Crippen LogP contribution in [-0.4, -0.2) is 15.6 Å². The minimum absolute atomic E-state index is 0.0670. The highest BCUT2D eigenvalue weighted by molar-refractivity contribution is 7.07. The van der Waals surface area contributed by atoms with Gasteiger partial charge in [-0.15, -0.1) is 0 Å². The molecule has 4 nitrogen and oxygen atoms in total. The number of thiazole rings is 1. The zero-order valence-corrected chi connectivity index (χ0v) is 10.0. The van der Waals surface area contributed by atoms with Gasteiger partial charge in [-0.05, 0) is 18.6 Å². The van der Waals surface area contributed by atoms with E-state index in [-0.39, 0.29) is 10.4 Å². The fourth-order valence-electron chi connectivity index (χ4n) is 1.63. The molecule has 2 rings (SSSR count). The number of aromatic nitrogens is 1. The van der Waals surface area contributed by atoms with Crippen LogP contribution in [0.2, 0.25) is 0 Å². The van der Waals surface area contributed by atoms with Crippen LogP contribution >= 0.6 is 11.3 Å². The van der Waals surface area contributed by atoms with Crippen molar-refractivity contribution >= 4 is 17.3 Å². The summed E-state index contributed by atoms with van der Waals surface area (Å²) in [6.45, 7) is 2.14. The zero-order chi connectivity index (χ0) is 12.4. The zero-order valence-electron chi connectivity index (χ0n) is 9.21. The first kappa shape index (κ1) is 11.6. The minimum Gasteiger partial charge on any atom is -0.478 e. The second-order valence-corrected chi connectivity index (χ2v) is 4.51. The van der Waals surface area contributed by atoms with Crippen molar-refractivity contribution in [2.75, 3.05) is 0 Å². The predicted molar refractivity (Wildman–Crippen MR) is 65.8 cm³/mol. The molecule has 0 saturated heterocycles. The molecule has 0 atom stereocenters. The first-order valence-electron chi connectivity index (χ1n) is 5.05. The average Bonchev–Trinajstić information content (AvgIpc) is 2.61. The number of hydrogen-bond donors (Lipinski definition) is 1. The van der Waals surface area contributed by atoms with Crippen molar-refractivity contribution in [2.24, 2.45) is 0 Å². The molecular formula is C12H11NO3S. The molecule has 1 heterocycles. The number of rotatable bonds is 3. The third kappa shape index (κ3) is 2.29. The highest BCUT2D eigenvalue weighted by atomic mass is 32.1. The van der Waals surface area contributed by atoms with Gasteiger partial charge in [-0.25, -0.2) is 4.79 Å². The van der Waals surface area contributed by atoms with E-state index in [1.807, 2.05) is 6.92 Å². The Labute approximate surface area is 102 Å². The van der Waals surface area contributed by atoms with Gasteiger partial charge in [0.2, 0.25) is 0 Å². The van der Waals surface area contributed by atoms with Crippen LogP contribution in [0.4, 0.5) is 0 Å². The van der Waals surface area contributed by atoms with E-state index in [1.54, 1.807) is 34.2 Å². The summed E-state index contributed by atoms with van der Waals surface area (Å²) in [6, 6.07) is 6.72. The van der Waals surface area contributed by atoms with Crippen LogP contribution < -0.4 is 4.87 Å². The summed E-state index contributed by atoms with van der Waals surface area (Å²) in [6.07, 6.45) is 0. The summed E-state index contributed by atoms with van der Waals surface area (Å²) >= 11 is 1.12. The van der Waals surface area contributed by atoms with E-state index < -0.39 is 5.97 Å². The third-order valence-corrected chi connectivity index (χ3v) is 3.43. The number of aromatic carboxylic acids is 1. The molecule has 1 aromatic carbocycles. The Morgan fingerprint density at radius 2 is 2.12 bits per heavy atom. The third-order valence-electron chi connectivity index (χ3n) is 2.55. The van der Waals surface area contributed by atoms with Crippen molar-refractivity contribution in [1.29, 1.82) is 0 Å². The molecule has 0 fully saturated rings. The molecule has 0 saturated carbocycles. The first-order chi connectivity index (χ1) is 8.09. The Balaban J connectivity index is 2.43. The van der Waals surface area contributed by atoms with Gasteiger partial charge in [0.15, 0.2) is 0 Å². The second-order valence-electron chi connectivity index (χ2n) is 3.69. The minimum atomic E-state index is -0.971. The molecular weight excluding hydrogens is 238 g/mol. The number of carboxylic acid groups (broad SMARTS) is 1. The van der Waals surface area contributed by atoms with E-state index in [9.17, 15) is 9.59 Å². The summed E-state index contributed by atoms with van der Waals surface area (Å²) in [7, 11) is 0. The standard InChI is InChI=1S/C12H11NO3S/c1-8-7-17-12(16)13(8)6-9-4-2-3-5-10(9)11(14)15/h2-5,7H,6H2,1H3,(H,14,15). The number of hydrogen-bond acceptors (Lipinski definition) is 3. The van der Waals surface area contributed by atoms with Crippen LogP contribution in [0.3, 0.4) is 0 Å². The first-order valence-corrected chi connectivity index (χ1v) is 5.93. The summed E-state index contributed by atoms with van der Waals surface area (Å²) in [5.41, 5.74) is 1.73. The van der Waals surface area contributed by atoms with E-state index in [1.165, 1.54) is 0 Å². The van der Waals surface area contributed by atoms with Crippen LogP contribution in [0.15, 0.2) is 34.4 Å². The van der Waals surface area contributed by atoms with E-state index >= 15 is 0 Å². The van der Waals surface area contributed by atoms with Gasteiger partial charge >= 0.3 is 10.8 Å². The van der Waals surface area contributed by atoms with Crippen molar-refractivity contribution in [3.8, 4) is 0 Å². The molecule has 17 heavy (non-hydrogen) atoms. The summed E-state index contributed by atoms with van der Waals surface area (Å²) in [5.74, 6) is -0.971. The topological polar surface area (TPSA) is 59.3 Å². The SMILES string of the molecule is Cc1csc(=O)n1Cc1ccccc1C(=O)O. The Morgan fingerprint density at radius 1 is 1.41 bits per heavy atom. The lowest BCUT2D eigenvalue weighted by Crippen LogP contribution is -2.17. The van der Waals surface area contributed by atoms with Crippen LogP contribution in [0.1, 0.15) is 21.6 Å². The van der Waals surface area contributed by atoms with E-state index in [0.29, 0.717) is 12.1 Å². The van der Waals surface area contributed by atoms with Gasteiger partial charge in [0.05, 0.1) is 12.1 Å². The lowest BCUT2D eigenvalue weighted by molar-refractivity contribution is 0.0695. The highest BCUT2D eigenvalue weighted by Crippen LogP contribution is 2.11. The molecule has 0 aliphatic carbocycles. The largest absolute Gasteiger partial charge is 0.478 e. The van der Waals surface area contributed by atoms with Crippen LogP contribution in [-0.2, 0) is 6.54 Å². The Morgan fingerprint density at radius 3 is 2.71 bits per heavy atom. The molecule has 2 aromatic rings. The predicted octanol–water partition coefficient (Wildman–Crippen LogP) is 1.96. The average molecular weight is 249 g/mol. The van der Waals surface area contributed by atoms with Crippen molar-refractivity contribution in [3.05, 3.63) is 56.1 Å². The lowest BCUT2D eigenvalue weighted by atomic mass is 10.1. The summed E-state index contributed by atoms with van der Waals surface area (Å²) < 4.78 is 1.58. The van der Waals surface area contributed by atoms with E-state index in [2.05, 4.69) is 0 Å². The van der Waals surface area contributed by atoms with Gasteiger partial charge in [0, 0.05) is 11.1 Å². The van der Waals surface area contributed by atoms with Crippen LogP contribution in [0, 0.1) is 6.92 Å². The van der Waals surface area contributed by atoms with Crippen LogP contribution in [0.25, 0.3) is 0 Å². The Hall–Kier alpha value is -1.88. The molecule has 0 unspecified atom stereocenters. The number of benzene rings is 1. The van der Waals surface area contributed by atoms with E-state index in [4.69, 9.17) is 5.11 Å². The monoisotopic (exact) mass is 249 g/mol. The number of carboxylic acids is 1. The van der Waals surface area contributed by atoms with Gasteiger partial charge in [-0.3, -0.25) is 9.36 Å². The highest BCUT2D eigenvalue weighted by Gasteiger charge is 2.11. The molecule has 5 heteroatoms. The van der Waals surface area contributed by atoms with Gasteiger partial charge in [0.1, 0.15) is 0 Å². The van der Waals surface area contributed by atoms with Crippen molar-refractivity contribution in [1.82, 2.24) is 4.57 Å². The summed E-state index contributed by atoms with van der Waals surface area (Å²) in [5, 5.41) is 10.8. The number of carbonyl (C=O) groups is 1. The van der Waals surface area contributed by atoms with Crippen LogP contribution in [0.5, 0.6) is 0 Å². The maximum atomic E-state index is 11.6. The number of nitrogens with zero attached hydrogens (tertiary/aromatic N) is 1. The van der Waals surface area contributed by atoms with Gasteiger partial charge in [0.25, 0.3) is 0 Å².